The summed E-state index contributed by atoms with van der Waals surface area (Å²) in [7, 11) is 2.22. The van der Waals surface area contributed by atoms with Crippen LogP contribution in [-0.2, 0) is 11.1 Å². The van der Waals surface area contributed by atoms with Gasteiger partial charge < -0.3 is 19.4 Å². The maximum Gasteiger partial charge on any atom is 0.0953 e. The van der Waals surface area contributed by atoms with Crippen molar-refractivity contribution < 1.29 is 0 Å². The molecule has 65 heavy (non-hydrogen) atoms. The van der Waals surface area contributed by atoms with Crippen molar-refractivity contribution in [3.63, 3.8) is 0 Å². The molecule has 2 aromatic carbocycles. The van der Waals surface area contributed by atoms with Crippen LogP contribution in [0.3, 0.4) is 0 Å². The molecule has 2 atom stereocenters. The highest BCUT2D eigenvalue weighted by Gasteiger charge is 2.35. The third-order valence-electron chi connectivity index (χ3n) is 14.0. The van der Waals surface area contributed by atoms with E-state index in [0.29, 0.717) is 11.8 Å². The van der Waals surface area contributed by atoms with Gasteiger partial charge in [-0.05, 0) is 180 Å². The Balaban J connectivity index is 0.000000164. The molecule has 334 valence electrons. The number of allylic oxidation sites excluding steroid dienone is 6. The van der Waals surface area contributed by atoms with E-state index >= 15 is 0 Å². The fraction of sp³-hybridized carbons (Fsp3) is 0.345. The number of nitrogens with one attached hydrogen (secondary N) is 1. The first-order valence-corrected chi connectivity index (χ1v) is 23.9. The van der Waals surface area contributed by atoms with Crippen LogP contribution in [0.2, 0.25) is 10.0 Å². The summed E-state index contributed by atoms with van der Waals surface area (Å²) in [5, 5.41) is 5.05. The molecule has 0 spiro atoms. The fourth-order valence-electron chi connectivity index (χ4n) is 10.2. The van der Waals surface area contributed by atoms with E-state index in [-0.39, 0.29) is 22.9 Å². The van der Waals surface area contributed by atoms with Gasteiger partial charge >= 0.3 is 0 Å². The lowest BCUT2D eigenvalue weighted by Gasteiger charge is -2.35. The molecule has 2 unspecified atom stereocenters. The molecule has 6 aromatic rings. The van der Waals surface area contributed by atoms with Crippen molar-refractivity contribution in [2.75, 3.05) is 33.2 Å². The van der Waals surface area contributed by atoms with Crippen LogP contribution in [0.5, 0.6) is 0 Å². The van der Waals surface area contributed by atoms with Crippen molar-refractivity contribution in [2.45, 2.75) is 76.3 Å². The van der Waals surface area contributed by atoms with Crippen LogP contribution in [0.15, 0.2) is 135 Å². The Kier molecular flexibility index (Phi) is 13.3. The molecular formula is C55H60Cl2N8. The number of pyridine rings is 2. The van der Waals surface area contributed by atoms with E-state index in [1.807, 2.05) is 68.0 Å². The number of imidazole rings is 2. The normalized spacial score (nSPS) is 19.6. The van der Waals surface area contributed by atoms with Crippen LogP contribution >= 0.6 is 23.2 Å². The number of likely N-dealkylation sites (tertiary alicyclic amines) is 1. The molecule has 10 rings (SSSR count). The largest absolute Gasteiger partial charge is 0.328 e. The molecule has 1 N–H and O–H groups in total. The minimum absolute atomic E-state index is 0.197. The molecule has 4 aromatic heterocycles. The third-order valence-corrected chi connectivity index (χ3v) is 14.5. The Morgan fingerprint density at radius 1 is 0.615 bits per heavy atom. The standard InChI is InChI=1S/C28H31ClN4.C27H29ClN4/c1-28(2,33-16-13-30-19-33)11-8-21-17-22-18-23(29)6-7-24(22)26(20-9-14-32(3)15-10-20)27-25(21)5-4-12-31-27;1-27(2,32-15-14-30-18-32)10-7-20-16-21-17-22(28)5-6-23(21)25(19-8-12-29-13-9-19)26-24(20)4-3-11-31-26/h4-8,11-13,16-20,26H,9-10,14-15H2,1-3H3;3-7,10-11,14-19,25,29H,8-9,12-13H2,1-2H3/b11-8+;10-7+. The number of aromatic nitrogens is 6. The Labute approximate surface area is 394 Å². The quantitative estimate of drug-likeness (QED) is 0.164. The molecule has 10 heteroatoms. The van der Waals surface area contributed by atoms with E-state index in [0.717, 1.165) is 49.1 Å². The highest BCUT2D eigenvalue weighted by molar-refractivity contribution is 6.31. The lowest BCUT2D eigenvalue weighted by Crippen LogP contribution is -2.33. The van der Waals surface area contributed by atoms with Crippen molar-refractivity contribution in [2.24, 2.45) is 11.8 Å². The summed E-state index contributed by atoms with van der Waals surface area (Å²) in [5.74, 6) is 1.66. The second-order valence-electron chi connectivity index (χ2n) is 19.2. The summed E-state index contributed by atoms with van der Waals surface area (Å²) in [4.78, 5) is 20.8. The minimum atomic E-state index is -0.198. The Morgan fingerprint density at radius 3 is 1.52 bits per heavy atom. The van der Waals surface area contributed by atoms with E-state index in [1.165, 1.54) is 68.8 Å². The average Bonchev–Trinajstić information content (AvgIpc) is 4.04. The zero-order chi connectivity index (χ0) is 45.1. The van der Waals surface area contributed by atoms with Crippen LogP contribution in [0.25, 0.3) is 23.3 Å². The monoisotopic (exact) mass is 902 g/mol. The number of halogens is 2. The highest BCUT2D eigenvalue weighted by Crippen LogP contribution is 2.46. The molecule has 2 saturated heterocycles. The lowest BCUT2D eigenvalue weighted by atomic mass is 9.76. The first-order valence-electron chi connectivity index (χ1n) is 23.1. The molecule has 0 radical (unpaired) electrons. The van der Waals surface area contributed by atoms with Crippen LogP contribution in [-0.4, -0.2) is 67.2 Å². The van der Waals surface area contributed by atoms with Crippen LogP contribution in [0.1, 0.15) is 110 Å². The molecule has 4 aliphatic rings. The SMILES string of the molecule is CC(C)(/C=C/C1=Cc2cc(Cl)ccc2C(C2CCNCC2)c2ncccc21)n1ccnc1.CN1CCC(C2c3ccc(Cl)cc3C=C(/C=C/C(C)(C)n3ccnc3)c3cccnc32)CC1. The van der Waals surface area contributed by atoms with Gasteiger partial charge in [0.25, 0.3) is 0 Å². The van der Waals surface area contributed by atoms with E-state index in [1.54, 1.807) is 0 Å². The number of nitrogens with zero attached hydrogens (tertiary/aromatic N) is 7. The van der Waals surface area contributed by atoms with E-state index in [9.17, 15) is 0 Å². The van der Waals surface area contributed by atoms with Gasteiger partial charge in [0.1, 0.15) is 0 Å². The molecule has 8 nitrogen and oxygen atoms in total. The summed E-state index contributed by atoms with van der Waals surface area (Å²) < 4.78 is 4.24. The maximum absolute atomic E-state index is 6.48. The predicted molar refractivity (Wildman–Crippen MR) is 268 cm³/mol. The van der Waals surface area contributed by atoms with Crippen LogP contribution in [0.4, 0.5) is 0 Å². The Hall–Kier alpha value is -5.38. The van der Waals surface area contributed by atoms with E-state index in [2.05, 4.69) is 143 Å². The van der Waals surface area contributed by atoms with Gasteiger partial charge in [-0.1, -0.05) is 71.8 Å². The first-order chi connectivity index (χ1) is 31.4. The topological polar surface area (TPSA) is 76.7 Å². The number of fused-ring (bicyclic) bond motifs is 4. The number of hydrogen-bond acceptors (Lipinski definition) is 6. The smallest absolute Gasteiger partial charge is 0.0953 e. The van der Waals surface area contributed by atoms with Gasteiger partial charge in [-0.15, -0.1) is 0 Å². The second-order valence-corrected chi connectivity index (χ2v) is 20.1. The van der Waals surface area contributed by atoms with Gasteiger partial charge in [0, 0.05) is 70.2 Å². The summed E-state index contributed by atoms with van der Waals surface area (Å²) in [6, 6.07) is 21.2. The molecule has 2 aliphatic carbocycles. The van der Waals surface area contributed by atoms with Crippen molar-refractivity contribution in [1.29, 1.82) is 0 Å². The molecule has 2 fully saturated rings. The number of rotatable bonds is 8. The molecule has 0 bridgehead atoms. The van der Waals surface area contributed by atoms with Crippen molar-refractivity contribution in [3.8, 4) is 0 Å². The second kappa shape index (κ2) is 19.2. The summed E-state index contributed by atoms with van der Waals surface area (Å²) in [6.45, 7) is 13.1. The highest BCUT2D eigenvalue weighted by atomic mass is 35.5. The number of hydrogen-bond donors (Lipinski definition) is 1. The zero-order valence-electron chi connectivity index (χ0n) is 38.2. The van der Waals surface area contributed by atoms with Crippen LogP contribution < -0.4 is 5.32 Å². The van der Waals surface area contributed by atoms with E-state index in [4.69, 9.17) is 33.2 Å². The van der Waals surface area contributed by atoms with Crippen molar-refractivity contribution in [3.05, 3.63) is 190 Å². The number of piperidine rings is 2. The van der Waals surface area contributed by atoms with Crippen molar-refractivity contribution in [1.82, 2.24) is 39.3 Å². The lowest BCUT2D eigenvalue weighted by molar-refractivity contribution is 0.206. The van der Waals surface area contributed by atoms with Crippen LogP contribution in [0, 0.1) is 11.8 Å². The molecule has 0 amide bonds. The summed E-state index contributed by atoms with van der Waals surface area (Å²) in [6.07, 6.45) is 33.5. The van der Waals surface area contributed by atoms with Gasteiger partial charge in [0.15, 0.2) is 0 Å². The average molecular weight is 904 g/mol. The zero-order valence-corrected chi connectivity index (χ0v) is 39.7. The molecular weight excluding hydrogens is 844 g/mol. The Morgan fingerprint density at radius 2 is 1.08 bits per heavy atom. The molecule has 2 aliphatic heterocycles. The molecule has 0 saturated carbocycles. The molecule has 6 heterocycles. The Bertz CT molecular complexity index is 2710. The first kappa shape index (κ1) is 44.8. The van der Waals surface area contributed by atoms with Crippen molar-refractivity contribution >= 4 is 46.5 Å². The van der Waals surface area contributed by atoms with Gasteiger partial charge in [0.2, 0.25) is 0 Å². The van der Waals surface area contributed by atoms with Gasteiger partial charge in [-0.25, -0.2) is 9.97 Å². The van der Waals surface area contributed by atoms with Gasteiger partial charge in [-0.3, -0.25) is 9.97 Å². The van der Waals surface area contributed by atoms with Gasteiger partial charge in [0.05, 0.1) is 35.1 Å². The summed E-state index contributed by atoms with van der Waals surface area (Å²) in [5.41, 5.74) is 11.8. The summed E-state index contributed by atoms with van der Waals surface area (Å²) >= 11 is 12.9. The fourth-order valence-corrected chi connectivity index (χ4v) is 10.6. The van der Waals surface area contributed by atoms with E-state index < -0.39 is 0 Å². The van der Waals surface area contributed by atoms with Gasteiger partial charge in [-0.2, -0.15) is 0 Å². The predicted octanol–water partition coefficient (Wildman–Crippen LogP) is 12.2. The third kappa shape index (κ3) is 9.78. The number of benzene rings is 2. The maximum atomic E-state index is 6.48. The minimum Gasteiger partial charge on any atom is -0.328 e.